The van der Waals surface area contributed by atoms with Gasteiger partial charge in [-0.05, 0) is 64.8 Å². The highest BCUT2D eigenvalue weighted by Gasteiger charge is 2.22. The molecule has 0 saturated heterocycles. The van der Waals surface area contributed by atoms with Crippen molar-refractivity contribution < 1.29 is 4.79 Å². The molecule has 0 fully saturated rings. The van der Waals surface area contributed by atoms with Crippen LogP contribution in [0.4, 0.5) is 0 Å². The summed E-state index contributed by atoms with van der Waals surface area (Å²) < 4.78 is 0. The van der Waals surface area contributed by atoms with Gasteiger partial charge in [0.15, 0.2) is 0 Å². The summed E-state index contributed by atoms with van der Waals surface area (Å²) in [6, 6.07) is 16.9. The van der Waals surface area contributed by atoms with Crippen molar-refractivity contribution in [2.75, 3.05) is 6.26 Å². The van der Waals surface area contributed by atoms with Gasteiger partial charge in [0.25, 0.3) is 0 Å². The van der Waals surface area contributed by atoms with Gasteiger partial charge >= 0.3 is 0 Å². The summed E-state index contributed by atoms with van der Waals surface area (Å²) in [5.74, 6) is 0. The number of hydrogen-bond donors (Lipinski definition) is 0. The predicted molar refractivity (Wildman–Crippen MR) is 95.8 cm³/mol. The topological polar surface area (TPSA) is 17.1 Å². The van der Waals surface area contributed by atoms with E-state index in [4.69, 9.17) is 0 Å². The fourth-order valence-corrected chi connectivity index (χ4v) is 3.36. The molecule has 0 amide bonds. The van der Waals surface area contributed by atoms with E-state index >= 15 is 0 Å². The summed E-state index contributed by atoms with van der Waals surface area (Å²) in [5, 5.41) is 0. The normalized spacial score (nSPS) is 15.3. The van der Waals surface area contributed by atoms with Gasteiger partial charge in [-0.1, -0.05) is 36.4 Å². The summed E-state index contributed by atoms with van der Waals surface area (Å²) in [4.78, 5) is 12.3. The monoisotopic (exact) mass is 306 g/mol. The maximum atomic E-state index is 11.1. The van der Waals surface area contributed by atoms with Gasteiger partial charge in [-0.3, -0.25) is 0 Å². The lowest BCUT2D eigenvalue weighted by Gasteiger charge is -2.06. The summed E-state index contributed by atoms with van der Waals surface area (Å²) in [6.07, 6.45) is 5.73. The molecule has 0 unspecified atom stereocenters. The first-order valence-corrected chi connectivity index (χ1v) is 8.56. The van der Waals surface area contributed by atoms with Crippen molar-refractivity contribution in [2.24, 2.45) is 0 Å². The molecule has 1 aliphatic rings. The van der Waals surface area contributed by atoms with Gasteiger partial charge in [0.05, 0.1) is 0 Å². The van der Waals surface area contributed by atoms with E-state index in [2.05, 4.69) is 67.8 Å². The van der Waals surface area contributed by atoms with Crippen LogP contribution < -0.4 is 0 Å². The zero-order chi connectivity index (χ0) is 15.5. The van der Waals surface area contributed by atoms with Crippen molar-refractivity contribution in [2.45, 2.75) is 18.2 Å². The molecule has 22 heavy (non-hydrogen) atoms. The van der Waals surface area contributed by atoms with Crippen molar-refractivity contribution in [1.82, 2.24) is 0 Å². The summed E-state index contributed by atoms with van der Waals surface area (Å²) >= 11 is 1.74. The minimum Gasteiger partial charge on any atom is -0.303 e. The Hall–Kier alpha value is -2.06. The number of rotatable bonds is 4. The molecule has 0 N–H and O–H groups in total. The summed E-state index contributed by atoms with van der Waals surface area (Å²) in [6.45, 7) is 2.11. The fourth-order valence-electron chi connectivity index (χ4n) is 2.95. The lowest BCUT2D eigenvalue weighted by atomic mass is 9.98. The van der Waals surface area contributed by atoms with E-state index in [1.165, 1.54) is 32.7 Å². The molecule has 0 bridgehead atoms. The third-order valence-electron chi connectivity index (χ3n) is 4.11. The number of hydrogen-bond acceptors (Lipinski definition) is 2. The zero-order valence-corrected chi connectivity index (χ0v) is 13.6. The maximum Gasteiger partial charge on any atom is 0.124 e. The molecule has 1 nitrogen and oxygen atoms in total. The Morgan fingerprint density at radius 3 is 2.32 bits per heavy atom. The summed E-state index contributed by atoms with van der Waals surface area (Å²) in [5.41, 5.74) is 7.18. The van der Waals surface area contributed by atoms with Crippen LogP contribution in [0.1, 0.15) is 30.0 Å². The first-order chi connectivity index (χ1) is 10.7. The Kier molecular flexibility index (Phi) is 4.30. The van der Waals surface area contributed by atoms with E-state index in [-0.39, 0.29) is 0 Å². The molecular weight excluding hydrogens is 288 g/mol. The van der Waals surface area contributed by atoms with E-state index in [9.17, 15) is 4.79 Å². The Morgan fingerprint density at radius 1 is 1.00 bits per heavy atom. The number of carbonyl (C=O) groups is 1. The zero-order valence-electron chi connectivity index (χ0n) is 12.8. The molecule has 2 heteroatoms. The molecule has 0 aliphatic heterocycles. The van der Waals surface area contributed by atoms with E-state index in [1.54, 1.807) is 11.8 Å². The second-order valence-corrected chi connectivity index (χ2v) is 6.23. The first-order valence-electron chi connectivity index (χ1n) is 7.34. The first kappa shape index (κ1) is 14.9. The molecular formula is C20H18OS. The molecule has 1 aliphatic carbocycles. The average Bonchev–Trinajstić information content (AvgIpc) is 2.82. The van der Waals surface area contributed by atoms with Gasteiger partial charge in [-0.25, -0.2) is 0 Å². The second kappa shape index (κ2) is 6.37. The molecule has 2 aromatic rings. The van der Waals surface area contributed by atoms with Crippen molar-refractivity contribution >= 4 is 35.3 Å². The van der Waals surface area contributed by atoms with Crippen LogP contribution in [-0.2, 0) is 4.79 Å². The molecule has 2 aromatic carbocycles. The second-order valence-electron chi connectivity index (χ2n) is 5.35. The van der Waals surface area contributed by atoms with Crippen molar-refractivity contribution in [1.29, 1.82) is 0 Å². The van der Waals surface area contributed by atoms with Crippen LogP contribution in [0.3, 0.4) is 0 Å². The number of benzene rings is 2. The number of allylic oxidation sites excluding steroid dienone is 3. The van der Waals surface area contributed by atoms with Gasteiger partial charge in [-0.15, -0.1) is 11.8 Å². The molecule has 0 saturated carbocycles. The van der Waals surface area contributed by atoms with Gasteiger partial charge < -0.3 is 4.79 Å². The van der Waals surface area contributed by atoms with Crippen LogP contribution in [0, 0.1) is 0 Å². The number of aldehydes is 1. The van der Waals surface area contributed by atoms with Gasteiger partial charge in [0.1, 0.15) is 6.29 Å². The minimum absolute atomic E-state index is 0.468. The van der Waals surface area contributed by atoms with Crippen LogP contribution in [0.2, 0.25) is 0 Å². The maximum absolute atomic E-state index is 11.1. The third kappa shape index (κ3) is 2.67. The smallest absolute Gasteiger partial charge is 0.124 e. The van der Waals surface area contributed by atoms with Crippen LogP contribution >= 0.6 is 11.8 Å². The Labute approximate surface area is 135 Å². The molecule has 0 heterocycles. The standard InChI is InChI=1S/C20H18OS/c1-14-17-5-3-4-6-19(17)20(18(14)11-12-21)13-15-7-9-16(22-2)10-8-15/h3-10,12-13H,11H2,1-2H3. The SMILES string of the molecule is CSc1ccc(C=C2C(CC=O)=C(C)c3ccccc32)cc1. The number of carbonyl (C=O) groups excluding carboxylic acids is 1. The third-order valence-corrected chi connectivity index (χ3v) is 4.86. The van der Waals surface area contributed by atoms with Crippen LogP contribution in [0.5, 0.6) is 0 Å². The number of fused-ring (bicyclic) bond motifs is 1. The molecule has 0 atom stereocenters. The highest BCUT2D eigenvalue weighted by Crippen LogP contribution is 2.43. The van der Waals surface area contributed by atoms with E-state index in [0.717, 1.165) is 11.9 Å². The molecule has 0 radical (unpaired) electrons. The van der Waals surface area contributed by atoms with Gasteiger partial charge in [0.2, 0.25) is 0 Å². The van der Waals surface area contributed by atoms with Crippen molar-refractivity contribution in [3.05, 3.63) is 70.8 Å². The Balaban J connectivity index is 2.10. The average molecular weight is 306 g/mol. The van der Waals surface area contributed by atoms with Gasteiger partial charge in [0, 0.05) is 11.3 Å². The summed E-state index contributed by atoms with van der Waals surface area (Å²) in [7, 11) is 0. The van der Waals surface area contributed by atoms with E-state index in [1.807, 2.05) is 0 Å². The van der Waals surface area contributed by atoms with Crippen LogP contribution in [0.25, 0.3) is 17.2 Å². The predicted octanol–water partition coefficient (Wildman–Crippen LogP) is 5.33. The van der Waals surface area contributed by atoms with Gasteiger partial charge in [-0.2, -0.15) is 0 Å². The Bertz CT molecular complexity index is 767. The van der Waals surface area contributed by atoms with Crippen LogP contribution in [-0.4, -0.2) is 12.5 Å². The molecule has 3 rings (SSSR count). The molecule has 0 spiro atoms. The highest BCUT2D eigenvalue weighted by molar-refractivity contribution is 7.98. The van der Waals surface area contributed by atoms with Crippen molar-refractivity contribution in [3.63, 3.8) is 0 Å². The fraction of sp³-hybridized carbons (Fsp3) is 0.150. The highest BCUT2D eigenvalue weighted by atomic mass is 32.2. The lowest BCUT2D eigenvalue weighted by Crippen LogP contribution is -1.87. The van der Waals surface area contributed by atoms with E-state index in [0.29, 0.717) is 6.42 Å². The quantitative estimate of drug-likeness (QED) is 0.561. The largest absolute Gasteiger partial charge is 0.303 e. The minimum atomic E-state index is 0.468. The molecule has 0 aromatic heterocycles. The van der Waals surface area contributed by atoms with Crippen molar-refractivity contribution in [3.8, 4) is 0 Å². The Morgan fingerprint density at radius 2 is 1.68 bits per heavy atom. The van der Waals surface area contributed by atoms with Crippen LogP contribution in [0.15, 0.2) is 59.0 Å². The van der Waals surface area contributed by atoms with E-state index < -0.39 is 0 Å². The lowest BCUT2D eigenvalue weighted by molar-refractivity contribution is -0.107. The molecule has 110 valence electrons. The number of thioether (sulfide) groups is 1.